The molecule has 0 aliphatic heterocycles. The van der Waals surface area contributed by atoms with Gasteiger partial charge in [0.1, 0.15) is 6.26 Å². The van der Waals surface area contributed by atoms with E-state index in [1.807, 2.05) is 30.3 Å². The fourth-order valence-electron chi connectivity index (χ4n) is 2.68. The molecular weight excluding hydrogens is 266 g/mol. The molecule has 1 aromatic carbocycles. The molecule has 0 saturated heterocycles. The normalized spacial score (nSPS) is 21.4. The molecule has 1 aliphatic carbocycles. The average Bonchev–Trinajstić information content (AvgIpc) is 3.15. The molecule has 1 fully saturated rings. The summed E-state index contributed by atoms with van der Waals surface area (Å²) in [6, 6.07) is 9.86. The highest BCUT2D eigenvalue weighted by atomic mass is 16.3. The Labute approximate surface area is 123 Å². The van der Waals surface area contributed by atoms with E-state index < -0.39 is 0 Å². The zero-order valence-corrected chi connectivity index (χ0v) is 11.8. The van der Waals surface area contributed by atoms with E-state index in [1.54, 1.807) is 6.26 Å². The Balaban J connectivity index is 1.57. The molecule has 3 N–H and O–H groups in total. The fraction of sp³-hybridized carbons (Fsp3) is 0.375. The van der Waals surface area contributed by atoms with Crippen molar-refractivity contribution in [3.63, 3.8) is 0 Å². The summed E-state index contributed by atoms with van der Waals surface area (Å²) in [7, 11) is 0. The minimum Gasteiger partial charge on any atom is -0.444 e. The Morgan fingerprint density at radius 2 is 2.14 bits per heavy atom. The van der Waals surface area contributed by atoms with Crippen molar-refractivity contribution in [2.45, 2.75) is 31.8 Å². The number of hydrogen-bond donors (Lipinski definition) is 2. The molecule has 5 nitrogen and oxygen atoms in total. The predicted molar refractivity (Wildman–Crippen MR) is 79.1 cm³/mol. The van der Waals surface area contributed by atoms with E-state index in [0.717, 1.165) is 30.5 Å². The van der Waals surface area contributed by atoms with Gasteiger partial charge in [-0.15, -0.1) is 0 Å². The second-order valence-corrected chi connectivity index (χ2v) is 5.50. The maximum atomic E-state index is 12.0. The largest absolute Gasteiger partial charge is 0.444 e. The first-order valence-corrected chi connectivity index (χ1v) is 7.25. The second-order valence-electron chi connectivity index (χ2n) is 5.50. The van der Waals surface area contributed by atoms with Crippen LogP contribution in [-0.2, 0) is 11.3 Å². The molecular formula is C16H19N3O2. The average molecular weight is 285 g/mol. The highest BCUT2D eigenvalue weighted by Gasteiger charge is 2.27. The van der Waals surface area contributed by atoms with Gasteiger partial charge in [0, 0.05) is 17.5 Å². The SMILES string of the molecule is NC1CCC(C(=O)NCc2coc(-c3ccccc3)n2)C1. The zero-order chi connectivity index (χ0) is 14.7. The first-order valence-electron chi connectivity index (χ1n) is 7.25. The molecule has 0 spiro atoms. The van der Waals surface area contributed by atoms with E-state index in [0.29, 0.717) is 12.4 Å². The van der Waals surface area contributed by atoms with Crippen molar-refractivity contribution < 1.29 is 9.21 Å². The summed E-state index contributed by atoms with van der Waals surface area (Å²) in [5.74, 6) is 0.676. The highest BCUT2D eigenvalue weighted by molar-refractivity contribution is 5.78. The number of oxazole rings is 1. The number of rotatable bonds is 4. The van der Waals surface area contributed by atoms with Crippen LogP contribution in [0.3, 0.4) is 0 Å². The molecule has 21 heavy (non-hydrogen) atoms. The molecule has 2 atom stereocenters. The van der Waals surface area contributed by atoms with Gasteiger partial charge >= 0.3 is 0 Å². The topological polar surface area (TPSA) is 81.2 Å². The lowest BCUT2D eigenvalue weighted by molar-refractivity contribution is -0.125. The highest BCUT2D eigenvalue weighted by Crippen LogP contribution is 2.24. The number of carbonyl (C=O) groups is 1. The molecule has 1 saturated carbocycles. The number of benzene rings is 1. The Hall–Kier alpha value is -2.14. The number of nitrogens with zero attached hydrogens (tertiary/aromatic N) is 1. The second kappa shape index (κ2) is 6.10. The Morgan fingerprint density at radius 3 is 2.86 bits per heavy atom. The molecule has 0 radical (unpaired) electrons. The minimum absolute atomic E-state index is 0.0421. The quantitative estimate of drug-likeness (QED) is 0.901. The van der Waals surface area contributed by atoms with Crippen LogP contribution in [0.1, 0.15) is 25.0 Å². The maximum absolute atomic E-state index is 12.0. The molecule has 110 valence electrons. The third-order valence-corrected chi connectivity index (χ3v) is 3.86. The molecule has 1 aliphatic rings. The van der Waals surface area contributed by atoms with E-state index >= 15 is 0 Å². The molecule has 0 bridgehead atoms. The zero-order valence-electron chi connectivity index (χ0n) is 11.8. The van der Waals surface area contributed by atoms with Gasteiger partial charge in [-0.1, -0.05) is 18.2 Å². The summed E-state index contributed by atoms with van der Waals surface area (Å²) in [5.41, 5.74) is 7.48. The van der Waals surface area contributed by atoms with E-state index in [-0.39, 0.29) is 17.9 Å². The number of aromatic nitrogens is 1. The van der Waals surface area contributed by atoms with Crippen LogP contribution in [0.4, 0.5) is 0 Å². The number of amides is 1. The van der Waals surface area contributed by atoms with Gasteiger partial charge in [-0.3, -0.25) is 4.79 Å². The van der Waals surface area contributed by atoms with Crippen molar-refractivity contribution >= 4 is 5.91 Å². The number of nitrogens with one attached hydrogen (secondary N) is 1. The van der Waals surface area contributed by atoms with E-state index in [9.17, 15) is 4.79 Å². The first kappa shape index (κ1) is 13.8. The molecule has 1 heterocycles. The third kappa shape index (κ3) is 3.31. The minimum atomic E-state index is 0.0421. The summed E-state index contributed by atoms with van der Waals surface area (Å²) in [6.45, 7) is 0.390. The standard InChI is InChI=1S/C16H19N3O2/c17-13-7-6-12(8-13)15(20)18-9-14-10-21-16(19-14)11-4-2-1-3-5-11/h1-5,10,12-13H,6-9,17H2,(H,18,20). The smallest absolute Gasteiger partial charge is 0.226 e. The van der Waals surface area contributed by atoms with E-state index in [1.165, 1.54) is 0 Å². The van der Waals surface area contributed by atoms with Crippen molar-refractivity contribution in [1.82, 2.24) is 10.3 Å². The third-order valence-electron chi connectivity index (χ3n) is 3.86. The fourth-order valence-corrected chi connectivity index (χ4v) is 2.68. The number of carbonyl (C=O) groups excluding carboxylic acids is 1. The van der Waals surface area contributed by atoms with Crippen LogP contribution in [0.2, 0.25) is 0 Å². The molecule has 5 heteroatoms. The first-order chi connectivity index (χ1) is 10.2. The van der Waals surface area contributed by atoms with Gasteiger partial charge in [-0.05, 0) is 31.4 Å². The van der Waals surface area contributed by atoms with Gasteiger partial charge in [0.15, 0.2) is 0 Å². The summed E-state index contributed by atoms with van der Waals surface area (Å²) in [6.07, 6.45) is 4.17. The van der Waals surface area contributed by atoms with Crippen LogP contribution < -0.4 is 11.1 Å². The Bertz CT molecular complexity index is 609. The molecule has 2 unspecified atom stereocenters. The molecule has 3 rings (SSSR count). The van der Waals surface area contributed by atoms with E-state index in [4.69, 9.17) is 10.2 Å². The number of nitrogens with two attached hydrogens (primary N) is 1. The van der Waals surface area contributed by atoms with Crippen LogP contribution in [-0.4, -0.2) is 16.9 Å². The van der Waals surface area contributed by atoms with Gasteiger partial charge in [0.25, 0.3) is 0 Å². The summed E-state index contributed by atoms with van der Waals surface area (Å²) in [4.78, 5) is 16.4. The predicted octanol–water partition coefficient (Wildman–Crippen LogP) is 2.09. The van der Waals surface area contributed by atoms with Gasteiger partial charge in [0.05, 0.1) is 12.2 Å². The summed E-state index contributed by atoms with van der Waals surface area (Å²) < 4.78 is 5.44. The number of hydrogen-bond acceptors (Lipinski definition) is 4. The monoisotopic (exact) mass is 285 g/mol. The van der Waals surface area contributed by atoms with Crippen molar-refractivity contribution in [2.24, 2.45) is 11.7 Å². The van der Waals surface area contributed by atoms with Gasteiger partial charge in [-0.2, -0.15) is 0 Å². The Morgan fingerprint density at radius 1 is 1.33 bits per heavy atom. The van der Waals surface area contributed by atoms with Gasteiger partial charge in [0.2, 0.25) is 11.8 Å². The van der Waals surface area contributed by atoms with Crippen LogP contribution in [0, 0.1) is 5.92 Å². The lowest BCUT2D eigenvalue weighted by Crippen LogP contribution is -2.30. The molecule has 1 amide bonds. The van der Waals surface area contributed by atoms with Gasteiger partial charge in [-0.25, -0.2) is 4.98 Å². The van der Waals surface area contributed by atoms with E-state index in [2.05, 4.69) is 10.3 Å². The molecule has 1 aromatic heterocycles. The lowest BCUT2D eigenvalue weighted by Gasteiger charge is -2.09. The van der Waals surface area contributed by atoms with Crippen LogP contribution in [0.15, 0.2) is 41.0 Å². The summed E-state index contributed by atoms with van der Waals surface area (Å²) >= 11 is 0. The summed E-state index contributed by atoms with van der Waals surface area (Å²) in [5, 5.41) is 2.91. The van der Waals surface area contributed by atoms with Crippen LogP contribution in [0.5, 0.6) is 0 Å². The van der Waals surface area contributed by atoms with Crippen molar-refractivity contribution in [3.05, 3.63) is 42.3 Å². The van der Waals surface area contributed by atoms with Crippen LogP contribution in [0.25, 0.3) is 11.5 Å². The maximum Gasteiger partial charge on any atom is 0.226 e. The Kier molecular flexibility index (Phi) is 4.01. The van der Waals surface area contributed by atoms with Crippen molar-refractivity contribution in [1.29, 1.82) is 0 Å². The lowest BCUT2D eigenvalue weighted by atomic mass is 10.1. The van der Waals surface area contributed by atoms with Crippen molar-refractivity contribution in [3.8, 4) is 11.5 Å². The molecule has 2 aromatic rings. The van der Waals surface area contributed by atoms with Crippen LogP contribution >= 0.6 is 0 Å². The van der Waals surface area contributed by atoms with Gasteiger partial charge < -0.3 is 15.5 Å². The van der Waals surface area contributed by atoms with Crippen molar-refractivity contribution in [2.75, 3.05) is 0 Å².